The summed E-state index contributed by atoms with van der Waals surface area (Å²) >= 11 is 1.38. The number of aromatic nitrogens is 3. The number of hydrogen-bond acceptors (Lipinski definition) is 6. The number of rotatable bonds is 12. The molecule has 0 bridgehead atoms. The second-order valence-electron chi connectivity index (χ2n) is 8.29. The molecule has 0 spiro atoms. The molecule has 8 heteroatoms. The van der Waals surface area contributed by atoms with E-state index in [9.17, 15) is 4.79 Å². The minimum atomic E-state index is 0.00234. The molecule has 0 radical (unpaired) electrons. The number of carbonyl (C=O) groups is 1. The monoisotopic (exact) mass is 456 g/mol. The molecule has 7 nitrogen and oxygen atoms in total. The molecule has 3 aromatic rings. The predicted molar refractivity (Wildman–Crippen MR) is 127 cm³/mol. The predicted octanol–water partition coefficient (Wildman–Crippen LogP) is 5.02. The molecule has 1 atom stereocenters. The van der Waals surface area contributed by atoms with E-state index in [0.29, 0.717) is 23.4 Å². The molecule has 2 heterocycles. The number of furan rings is 1. The summed E-state index contributed by atoms with van der Waals surface area (Å²) in [5.74, 6) is 3.21. The van der Waals surface area contributed by atoms with Crippen molar-refractivity contribution in [3.8, 4) is 17.1 Å². The number of benzene rings is 1. The van der Waals surface area contributed by atoms with Gasteiger partial charge in [-0.15, -0.1) is 10.2 Å². The topological polar surface area (TPSA) is 82.2 Å². The van der Waals surface area contributed by atoms with Crippen LogP contribution in [-0.2, 0) is 11.3 Å². The molecule has 0 aliphatic heterocycles. The zero-order valence-corrected chi connectivity index (χ0v) is 20.0. The summed E-state index contributed by atoms with van der Waals surface area (Å²) < 4.78 is 12.9. The van der Waals surface area contributed by atoms with E-state index in [2.05, 4.69) is 36.3 Å². The Balaban J connectivity index is 1.69. The van der Waals surface area contributed by atoms with Gasteiger partial charge in [-0.2, -0.15) is 0 Å². The van der Waals surface area contributed by atoms with Crippen LogP contribution in [0.5, 0.6) is 5.75 Å². The Hall–Kier alpha value is -2.74. The van der Waals surface area contributed by atoms with Gasteiger partial charge in [0.05, 0.1) is 25.7 Å². The van der Waals surface area contributed by atoms with Crippen LogP contribution < -0.4 is 10.1 Å². The molecular formula is C24H32N4O3S. The first-order valence-electron chi connectivity index (χ1n) is 11.0. The van der Waals surface area contributed by atoms with Gasteiger partial charge in [0.25, 0.3) is 0 Å². The number of ether oxygens (including phenoxy) is 1. The molecule has 1 unspecified atom stereocenters. The van der Waals surface area contributed by atoms with Crippen molar-refractivity contribution < 1.29 is 13.9 Å². The SMILES string of the molecule is COc1cccc(-c2nnc(SCC(=O)NC(C)CCCC(C)C)n2Cc2ccco2)c1. The van der Waals surface area contributed by atoms with E-state index in [1.54, 1.807) is 13.4 Å². The highest BCUT2D eigenvalue weighted by atomic mass is 32.2. The Bertz CT molecular complexity index is 985. The molecular weight excluding hydrogens is 424 g/mol. The van der Waals surface area contributed by atoms with Gasteiger partial charge in [-0.3, -0.25) is 9.36 Å². The van der Waals surface area contributed by atoms with Gasteiger partial charge in [-0.05, 0) is 43.5 Å². The summed E-state index contributed by atoms with van der Waals surface area (Å²) in [6.07, 6.45) is 4.93. The van der Waals surface area contributed by atoms with Crippen LogP contribution >= 0.6 is 11.8 Å². The van der Waals surface area contributed by atoms with E-state index in [1.807, 2.05) is 41.0 Å². The van der Waals surface area contributed by atoms with Gasteiger partial charge in [0, 0.05) is 11.6 Å². The van der Waals surface area contributed by atoms with Gasteiger partial charge < -0.3 is 14.5 Å². The van der Waals surface area contributed by atoms with Gasteiger partial charge in [-0.1, -0.05) is 50.6 Å². The van der Waals surface area contributed by atoms with Crippen molar-refractivity contribution in [3.05, 3.63) is 48.4 Å². The Labute approximate surface area is 193 Å². The third-order valence-corrected chi connectivity index (χ3v) is 6.06. The molecule has 2 aromatic heterocycles. The lowest BCUT2D eigenvalue weighted by Crippen LogP contribution is -2.33. The van der Waals surface area contributed by atoms with Crippen molar-refractivity contribution in [3.63, 3.8) is 0 Å². The van der Waals surface area contributed by atoms with E-state index in [-0.39, 0.29) is 17.7 Å². The summed E-state index contributed by atoms with van der Waals surface area (Å²) in [4.78, 5) is 12.5. The molecule has 3 rings (SSSR count). The lowest BCUT2D eigenvalue weighted by molar-refractivity contribution is -0.119. The molecule has 1 amide bonds. The van der Waals surface area contributed by atoms with E-state index in [0.717, 1.165) is 29.9 Å². The summed E-state index contributed by atoms with van der Waals surface area (Å²) in [6.45, 7) is 6.97. The fourth-order valence-electron chi connectivity index (χ4n) is 3.42. The van der Waals surface area contributed by atoms with Gasteiger partial charge >= 0.3 is 0 Å². The van der Waals surface area contributed by atoms with Gasteiger partial charge in [-0.25, -0.2) is 0 Å². The highest BCUT2D eigenvalue weighted by molar-refractivity contribution is 7.99. The smallest absolute Gasteiger partial charge is 0.230 e. The second kappa shape index (κ2) is 11.8. The van der Waals surface area contributed by atoms with Crippen LogP contribution in [0.25, 0.3) is 11.4 Å². The van der Waals surface area contributed by atoms with E-state index < -0.39 is 0 Å². The molecule has 1 N–H and O–H groups in total. The van der Waals surface area contributed by atoms with E-state index in [1.165, 1.54) is 18.2 Å². The normalized spacial score (nSPS) is 12.2. The quantitative estimate of drug-likeness (QED) is 0.386. The maximum atomic E-state index is 12.5. The molecule has 0 fully saturated rings. The third kappa shape index (κ3) is 6.88. The maximum absolute atomic E-state index is 12.5. The Morgan fingerprint density at radius 1 is 1.19 bits per heavy atom. The number of methoxy groups -OCH3 is 1. The Kier molecular flexibility index (Phi) is 8.79. The first-order chi connectivity index (χ1) is 15.5. The van der Waals surface area contributed by atoms with Crippen LogP contribution in [0.15, 0.2) is 52.2 Å². The van der Waals surface area contributed by atoms with Crippen LogP contribution in [0.4, 0.5) is 0 Å². The highest BCUT2D eigenvalue weighted by Crippen LogP contribution is 2.27. The van der Waals surface area contributed by atoms with Crippen LogP contribution in [0, 0.1) is 5.92 Å². The van der Waals surface area contributed by atoms with Gasteiger partial charge in [0.15, 0.2) is 11.0 Å². The van der Waals surface area contributed by atoms with E-state index in [4.69, 9.17) is 9.15 Å². The summed E-state index contributed by atoms with van der Waals surface area (Å²) in [5.41, 5.74) is 0.887. The Morgan fingerprint density at radius 3 is 2.75 bits per heavy atom. The van der Waals surface area contributed by atoms with Crippen molar-refractivity contribution in [1.82, 2.24) is 20.1 Å². The lowest BCUT2D eigenvalue weighted by Gasteiger charge is -2.14. The first kappa shape index (κ1) is 23.9. The first-order valence-corrected chi connectivity index (χ1v) is 12.0. The summed E-state index contributed by atoms with van der Waals surface area (Å²) in [7, 11) is 1.64. The number of nitrogens with one attached hydrogen (secondary N) is 1. The summed E-state index contributed by atoms with van der Waals surface area (Å²) in [5, 5.41) is 12.5. The third-order valence-electron chi connectivity index (χ3n) is 5.10. The maximum Gasteiger partial charge on any atom is 0.230 e. The molecule has 0 saturated heterocycles. The zero-order valence-electron chi connectivity index (χ0n) is 19.2. The zero-order chi connectivity index (χ0) is 22.9. The number of thioether (sulfide) groups is 1. The number of nitrogens with zero attached hydrogens (tertiary/aromatic N) is 3. The fraction of sp³-hybridized carbons (Fsp3) is 0.458. The standard InChI is InChI=1S/C24H32N4O3S/c1-17(2)8-5-9-18(3)25-22(29)16-32-24-27-26-23(19-10-6-11-20(14-19)30-4)28(24)15-21-12-7-13-31-21/h6-7,10-14,17-18H,5,8-9,15-16H2,1-4H3,(H,25,29). The van der Waals surface area contributed by atoms with Crippen molar-refractivity contribution >= 4 is 17.7 Å². The highest BCUT2D eigenvalue weighted by Gasteiger charge is 2.18. The minimum absolute atomic E-state index is 0.00234. The van der Waals surface area contributed by atoms with Crippen LogP contribution in [0.2, 0.25) is 0 Å². The van der Waals surface area contributed by atoms with E-state index >= 15 is 0 Å². The number of hydrogen-bond donors (Lipinski definition) is 1. The van der Waals surface area contributed by atoms with Crippen molar-refractivity contribution in [2.75, 3.05) is 12.9 Å². The average Bonchev–Trinajstić information content (AvgIpc) is 3.42. The molecule has 0 aliphatic carbocycles. The lowest BCUT2D eigenvalue weighted by atomic mass is 10.0. The van der Waals surface area contributed by atoms with Crippen molar-refractivity contribution in [2.24, 2.45) is 5.92 Å². The minimum Gasteiger partial charge on any atom is -0.497 e. The average molecular weight is 457 g/mol. The van der Waals surface area contributed by atoms with Crippen molar-refractivity contribution in [2.45, 2.75) is 57.8 Å². The molecule has 0 saturated carbocycles. The molecule has 0 aliphatic rings. The Morgan fingerprint density at radius 2 is 2.03 bits per heavy atom. The molecule has 172 valence electrons. The number of carbonyl (C=O) groups excluding carboxylic acids is 1. The van der Waals surface area contributed by atoms with Crippen molar-refractivity contribution in [1.29, 1.82) is 0 Å². The summed E-state index contributed by atoms with van der Waals surface area (Å²) in [6, 6.07) is 11.6. The van der Waals surface area contributed by atoms with Crippen LogP contribution in [0.1, 0.15) is 45.8 Å². The van der Waals surface area contributed by atoms with Gasteiger partial charge in [0.1, 0.15) is 11.5 Å². The number of amides is 1. The molecule has 1 aromatic carbocycles. The second-order valence-corrected chi connectivity index (χ2v) is 9.23. The van der Waals surface area contributed by atoms with Crippen LogP contribution in [-0.4, -0.2) is 39.6 Å². The van der Waals surface area contributed by atoms with Gasteiger partial charge in [0.2, 0.25) is 5.91 Å². The largest absolute Gasteiger partial charge is 0.497 e. The molecule has 32 heavy (non-hydrogen) atoms. The van der Waals surface area contributed by atoms with Crippen LogP contribution in [0.3, 0.4) is 0 Å². The fourth-order valence-corrected chi connectivity index (χ4v) is 4.17.